The first-order valence-corrected chi connectivity index (χ1v) is 0.447. The van der Waals surface area contributed by atoms with Gasteiger partial charge in [0.25, 0.3) is 0 Å². The van der Waals surface area contributed by atoms with E-state index in [-0.39, 0.29) is 48.1 Å². The number of rotatable bonds is 0. The van der Waals surface area contributed by atoms with Gasteiger partial charge in [-0.1, -0.05) is 0 Å². The summed E-state index contributed by atoms with van der Waals surface area (Å²) in [5.74, 6) is 0. The summed E-state index contributed by atoms with van der Waals surface area (Å²) in [6.07, 6.45) is 0. The van der Waals surface area contributed by atoms with E-state index >= 15 is 0 Å². The fraction of sp³-hybridized carbons (Fsp3) is 0.250. The molecule has 2 heteroatoms. The summed E-state index contributed by atoms with van der Waals surface area (Å²) in [7, 11) is 1.00. The first kappa shape index (κ1) is 69.3. The summed E-state index contributed by atoms with van der Waals surface area (Å²) in [6, 6.07) is 0. The molecule has 1 nitrogen and oxygen atoms in total. The van der Waals surface area contributed by atoms with Gasteiger partial charge < -0.3 is 27.4 Å². The van der Waals surface area contributed by atoms with Crippen LogP contribution in [0, 0.1) is 22.3 Å². The van der Waals surface area contributed by atoms with Crippen LogP contribution in [0.1, 0.15) is 0 Å². The molecule has 0 aliphatic carbocycles. The minimum atomic E-state index is 0. The zero-order chi connectivity index (χ0) is 2.00. The summed E-state index contributed by atoms with van der Waals surface area (Å²) >= 11 is 0. The van der Waals surface area contributed by atoms with E-state index in [4.69, 9.17) is 5.11 Å². The molecule has 0 saturated heterocycles. The van der Waals surface area contributed by atoms with Crippen LogP contribution < -0.4 is 0 Å². The number of hydrogen-bond donors (Lipinski definition) is 1. The molecule has 0 aliphatic rings. The topological polar surface area (TPSA) is 20.2 Å². The summed E-state index contributed by atoms with van der Waals surface area (Å²) < 4.78 is 0. The van der Waals surface area contributed by atoms with E-state index in [0.29, 0.717) is 0 Å². The van der Waals surface area contributed by atoms with E-state index in [1.807, 2.05) is 0 Å². The molecule has 0 fully saturated rings. The molecule has 0 atom stereocenters. The van der Waals surface area contributed by atoms with Crippen LogP contribution in [0.2, 0.25) is 0 Å². The van der Waals surface area contributed by atoms with Gasteiger partial charge in [0.05, 0.1) is 0 Å². The zero-order valence-corrected chi connectivity index (χ0v) is 8.54. The summed E-state index contributed by atoms with van der Waals surface area (Å²) in [5, 5.41) is 7.00. The summed E-state index contributed by atoms with van der Waals surface area (Å²) in [4.78, 5) is 0. The molecule has 0 radical (unpaired) electrons. The van der Waals surface area contributed by atoms with Gasteiger partial charge in [-0.15, -0.1) is 0 Å². The smallest absolute Gasteiger partial charge is 0.0319 e. The average Bonchev–Trinajstić information content (AvgIpc) is 1.00. The molecular weight excluding hydrogens is 243 g/mol. The predicted octanol–water partition coefficient (Wildman–Crippen LogP) is 0.957. The largest absolute Gasteiger partial charge is 0.400 e. The normalized spacial score (nSPS) is 1.00. The number of aliphatic hydroxyl groups excluding tert-OH is 1. The summed E-state index contributed by atoms with van der Waals surface area (Å²) in [6.45, 7) is 0. The maximum Gasteiger partial charge on any atom is 0.0319 e. The van der Waals surface area contributed by atoms with Gasteiger partial charge in [0, 0.05) is 33.0 Å². The van der Waals surface area contributed by atoms with Crippen LogP contribution in [-0.4, -0.2) is 12.2 Å². The standard InChI is InChI=1S/CH4O.3CH3.Hf/c1-2;;;;/h2H,1H3;3*1H3;/q;3*-1;. The molecule has 0 bridgehead atoms. The quantitative estimate of drug-likeness (QED) is 0.505. The molecule has 0 aliphatic heterocycles. The van der Waals surface area contributed by atoms with Gasteiger partial charge in [-0.25, -0.2) is 0 Å². The van der Waals surface area contributed by atoms with Gasteiger partial charge >= 0.3 is 0 Å². The van der Waals surface area contributed by atoms with E-state index in [2.05, 4.69) is 0 Å². The van der Waals surface area contributed by atoms with Gasteiger partial charge in [0.2, 0.25) is 0 Å². The van der Waals surface area contributed by atoms with E-state index in [0.717, 1.165) is 7.11 Å². The van der Waals surface area contributed by atoms with Crippen LogP contribution in [0.3, 0.4) is 0 Å². The Morgan fingerprint density at radius 1 is 0.833 bits per heavy atom. The van der Waals surface area contributed by atoms with E-state index in [1.54, 1.807) is 0 Å². The SMILES string of the molecule is CO.[CH3-].[CH3-].[CH3-].[Hf]. The number of hydrogen-bond acceptors (Lipinski definition) is 1. The molecule has 0 heterocycles. The summed E-state index contributed by atoms with van der Waals surface area (Å²) in [5.41, 5.74) is 0. The molecule has 0 saturated carbocycles. The van der Waals surface area contributed by atoms with Crippen LogP contribution in [0.15, 0.2) is 0 Å². The third kappa shape index (κ3) is 103. The fourth-order valence-electron chi connectivity index (χ4n) is 0. The second-order valence-corrected chi connectivity index (χ2v) is 0. The van der Waals surface area contributed by atoms with Gasteiger partial charge in [-0.05, 0) is 0 Å². The van der Waals surface area contributed by atoms with Crippen LogP contribution in [0.5, 0.6) is 0 Å². The third-order valence-electron chi connectivity index (χ3n) is 0. The number of aliphatic hydroxyl groups is 1. The van der Waals surface area contributed by atoms with Crippen LogP contribution in [0.25, 0.3) is 0 Å². The van der Waals surface area contributed by atoms with Crippen LogP contribution in [0.4, 0.5) is 0 Å². The van der Waals surface area contributed by atoms with Gasteiger partial charge in [0.1, 0.15) is 0 Å². The molecule has 1 N–H and O–H groups in total. The van der Waals surface area contributed by atoms with Crippen molar-refractivity contribution in [1.29, 1.82) is 0 Å². The fourth-order valence-corrected chi connectivity index (χ4v) is 0. The minimum absolute atomic E-state index is 0. The van der Waals surface area contributed by atoms with Crippen molar-refractivity contribution >= 4 is 0 Å². The molecule has 0 amide bonds. The van der Waals surface area contributed by atoms with Crippen LogP contribution in [-0.2, 0) is 25.8 Å². The van der Waals surface area contributed by atoms with Crippen molar-refractivity contribution in [1.82, 2.24) is 0 Å². The van der Waals surface area contributed by atoms with E-state index in [9.17, 15) is 0 Å². The first-order chi connectivity index (χ1) is 1.00. The minimum Gasteiger partial charge on any atom is -0.400 e. The Balaban J connectivity index is -0.000000000833. The van der Waals surface area contributed by atoms with Crippen molar-refractivity contribution in [2.75, 3.05) is 7.11 Å². The van der Waals surface area contributed by atoms with Crippen molar-refractivity contribution in [3.63, 3.8) is 0 Å². The third-order valence-corrected chi connectivity index (χ3v) is 0. The molecule has 0 unspecified atom stereocenters. The Bertz CT molecular complexity index is 7.51. The molecular formula is C4H13HfO-3. The molecule has 0 rings (SSSR count). The molecule has 0 aromatic heterocycles. The molecule has 0 aromatic carbocycles. The van der Waals surface area contributed by atoms with Crippen LogP contribution >= 0.6 is 0 Å². The molecule has 0 aromatic rings. The van der Waals surface area contributed by atoms with E-state index in [1.165, 1.54) is 0 Å². The first-order valence-electron chi connectivity index (χ1n) is 0.447. The molecule has 6 heavy (non-hydrogen) atoms. The second kappa shape index (κ2) is 197. The Morgan fingerprint density at radius 2 is 0.833 bits per heavy atom. The molecule has 0 spiro atoms. The maximum atomic E-state index is 7.00. The van der Waals surface area contributed by atoms with Crippen molar-refractivity contribution in [2.45, 2.75) is 0 Å². The second-order valence-electron chi connectivity index (χ2n) is 0. The van der Waals surface area contributed by atoms with Crippen molar-refractivity contribution in [3.8, 4) is 0 Å². The molecule has 42 valence electrons. The maximum absolute atomic E-state index is 7.00. The Hall–Kier alpha value is 0.830. The average molecular weight is 256 g/mol. The predicted molar refractivity (Wildman–Crippen MR) is 27.4 cm³/mol. The van der Waals surface area contributed by atoms with E-state index < -0.39 is 0 Å². The van der Waals surface area contributed by atoms with Crippen molar-refractivity contribution in [2.24, 2.45) is 0 Å². The van der Waals surface area contributed by atoms with Gasteiger partial charge in [-0.3, -0.25) is 0 Å². The van der Waals surface area contributed by atoms with Crippen molar-refractivity contribution < 1.29 is 30.9 Å². The van der Waals surface area contributed by atoms with Gasteiger partial charge in [0.15, 0.2) is 0 Å². The zero-order valence-electron chi connectivity index (χ0n) is 4.95. The van der Waals surface area contributed by atoms with Gasteiger partial charge in [-0.2, -0.15) is 0 Å². The monoisotopic (exact) mass is 257 g/mol. The Labute approximate surface area is 60.6 Å². The Morgan fingerprint density at radius 3 is 0.833 bits per heavy atom. The Kier molecular flexibility index (Phi) is 2280. The van der Waals surface area contributed by atoms with Crippen molar-refractivity contribution in [3.05, 3.63) is 22.3 Å².